The van der Waals surface area contributed by atoms with E-state index >= 15 is 0 Å². The van der Waals surface area contributed by atoms with E-state index < -0.39 is 0 Å². The van der Waals surface area contributed by atoms with Gasteiger partial charge in [0.25, 0.3) is 0 Å². The molecule has 0 spiro atoms. The third-order valence-corrected chi connectivity index (χ3v) is 3.67. The van der Waals surface area contributed by atoms with Gasteiger partial charge in [0.2, 0.25) is 0 Å². The summed E-state index contributed by atoms with van der Waals surface area (Å²) in [6.45, 7) is 0. The maximum absolute atomic E-state index is 2.39. The molecule has 1 heteroatoms. The summed E-state index contributed by atoms with van der Waals surface area (Å²) in [5.41, 5.74) is 0. The van der Waals surface area contributed by atoms with Crippen molar-refractivity contribution in [2.45, 2.75) is 0 Å². The molecular weight excluding hydrogens is 295 g/mol. The van der Waals surface area contributed by atoms with Crippen LogP contribution in [0.25, 0.3) is 21.5 Å². The summed E-state index contributed by atoms with van der Waals surface area (Å²) >= 11 is 2.39. The summed E-state index contributed by atoms with van der Waals surface area (Å²) in [5.74, 6) is 0. The Labute approximate surface area is 102 Å². The van der Waals surface area contributed by atoms with Crippen LogP contribution in [0.3, 0.4) is 0 Å². The Balaban J connectivity index is 2.60. The third kappa shape index (κ3) is 1.42. The summed E-state index contributed by atoms with van der Waals surface area (Å²) in [4.78, 5) is 0. The molecule has 0 heterocycles. The van der Waals surface area contributed by atoms with Crippen molar-refractivity contribution >= 4 is 44.1 Å². The monoisotopic (exact) mass is 304 g/mol. The fourth-order valence-corrected chi connectivity index (χ4v) is 2.68. The second kappa shape index (κ2) is 3.49. The first-order valence-electron chi connectivity index (χ1n) is 4.92. The van der Waals surface area contributed by atoms with Gasteiger partial charge in [0, 0.05) is 3.57 Å². The van der Waals surface area contributed by atoms with Crippen LogP contribution in [0, 0.1) is 3.57 Å². The second-order valence-electron chi connectivity index (χ2n) is 3.62. The smallest absolute Gasteiger partial charge is 0.0209 e. The highest BCUT2D eigenvalue weighted by atomic mass is 127. The van der Waals surface area contributed by atoms with Gasteiger partial charge >= 0.3 is 0 Å². The number of hydrogen-bond donors (Lipinski definition) is 0. The SMILES string of the molecule is Ic1cccc2c1ccc1ccccc12. The van der Waals surface area contributed by atoms with Crippen molar-refractivity contribution in [2.75, 3.05) is 0 Å². The van der Waals surface area contributed by atoms with E-state index in [0.29, 0.717) is 0 Å². The number of hydrogen-bond acceptors (Lipinski definition) is 0. The van der Waals surface area contributed by atoms with Crippen molar-refractivity contribution in [2.24, 2.45) is 0 Å². The molecule has 0 aromatic heterocycles. The van der Waals surface area contributed by atoms with Crippen LogP contribution in [0.2, 0.25) is 0 Å². The maximum atomic E-state index is 2.39. The van der Waals surface area contributed by atoms with Crippen LogP contribution in [0.5, 0.6) is 0 Å². The molecule has 3 aromatic rings. The molecule has 0 atom stereocenters. The predicted octanol–water partition coefficient (Wildman–Crippen LogP) is 4.60. The topological polar surface area (TPSA) is 0 Å². The zero-order valence-corrected chi connectivity index (χ0v) is 10.2. The molecule has 0 N–H and O–H groups in total. The van der Waals surface area contributed by atoms with Crippen molar-refractivity contribution < 1.29 is 0 Å². The van der Waals surface area contributed by atoms with Crippen LogP contribution in [0.1, 0.15) is 0 Å². The molecule has 0 aliphatic rings. The lowest BCUT2D eigenvalue weighted by Crippen LogP contribution is -1.79. The van der Waals surface area contributed by atoms with Crippen LogP contribution in [-0.4, -0.2) is 0 Å². The van der Waals surface area contributed by atoms with Gasteiger partial charge in [-0.25, -0.2) is 0 Å². The Morgan fingerprint density at radius 2 is 1.40 bits per heavy atom. The second-order valence-corrected chi connectivity index (χ2v) is 4.78. The lowest BCUT2D eigenvalue weighted by Gasteiger charge is -2.04. The minimum Gasteiger partial charge on any atom is -0.0616 e. The molecule has 0 unspecified atom stereocenters. The van der Waals surface area contributed by atoms with Gasteiger partial charge in [-0.05, 0) is 50.2 Å². The maximum Gasteiger partial charge on any atom is 0.0209 e. The largest absolute Gasteiger partial charge is 0.0616 e. The number of fused-ring (bicyclic) bond motifs is 3. The first-order valence-corrected chi connectivity index (χ1v) is 6.00. The molecule has 15 heavy (non-hydrogen) atoms. The van der Waals surface area contributed by atoms with Crippen molar-refractivity contribution in [3.8, 4) is 0 Å². The van der Waals surface area contributed by atoms with Gasteiger partial charge in [0.15, 0.2) is 0 Å². The molecule has 0 saturated carbocycles. The van der Waals surface area contributed by atoms with Gasteiger partial charge in [-0.1, -0.05) is 48.5 Å². The summed E-state index contributed by atoms with van der Waals surface area (Å²) in [6, 6.07) is 19.4. The number of benzene rings is 3. The third-order valence-electron chi connectivity index (χ3n) is 2.73. The Morgan fingerprint density at radius 1 is 0.600 bits per heavy atom. The molecule has 0 amide bonds. The normalized spacial score (nSPS) is 11.0. The molecule has 0 saturated heterocycles. The predicted molar refractivity (Wildman–Crippen MR) is 74.2 cm³/mol. The first-order chi connectivity index (χ1) is 7.36. The van der Waals surface area contributed by atoms with Crippen molar-refractivity contribution in [3.05, 3.63) is 58.2 Å². The van der Waals surface area contributed by atoms with Crippen LogP contribution in [0.4, 0.5) is 0 Å². The van der Waals surface area contributed by atoms with Crippen LogP contribution >= 0.6 is 22.6 Å². The molecule has 0 bridgehead atoms. The Kier molecular flexibility index (Phi) is 2.13. The lowest BCUT2D eigenvalue weighted by molar-refractivity contribution is 1.73. The van der Waals surface area contributed by atoms with Gasteiger partial charge < -0.3 is 0 Å². The summed E-state index contributed by atoms with van der Waals surface area (Å²) < 4.78 is 1.32. The average molecular weight is 304 g/mol. The quantitative estimate of drug-likeness (QED) is 0.421. The minimum atomic E-state index is 1.31. The van der Waals surface area contributed by atoms with Gasteiger partial charge in [-0.2, -0.15) is 0 Å². The van der Waals surface area contributed by atoms with E-state index in [-0.39, 0.29) is 0 Å². The molecule has 3 aromatic carbocycles. The van der Waals surface area contributed by atoms with E-state index in [1.54, 1.807) is 0 Å². The molecule has 0 radical (unpaired) electrons. The molecular formula is C14H9I. The van der Waals surface area contributed by atoms with Crippen molar-refractivity contribution in [1.29, 1.82) is 0 Å². The standard InChI is InChI=1S/C14H9I/c15-14-7-3-6-12-11-5-2-1-4-10(11)8-9-13(12)14/h1-9H. The Morgan fingerprint density at radius 3 is 2.33 bits per heavy atom. The van der Waals surface area contributed by atoms with Gasteiger partial charge in [-0.3, -0.25) is 0 Å². The van der Waals surface area contributed by atoms with Gasteiger partial charge in [0.05, 0.1) is 0 Å². The van der Waals surface area contributed by atoms with E-state index in [1.807, 2.05) is 0 Å². The lowest BCUT2D eigenvalue weighted by atomic mass is 10.0. The fraction of sp³-hybridized carbons (Fsp3) is 0. The summed E-state index contributed by atoms with van der Waals surface area (Å²) in [7, 11) is 0. The zero-order chi connectivity index (χ0) is 10.3. The van der Waals surface area contributed by atoms with E-state index in [4.69, 9.17) is 0 Å². The van der Waals surface area contributed by atoms with Crippen molar-refractivity contribution in [3.63, 3.8) is 0 Å². The van der Waals surface area contributed by atoms with E-state index in [2.05, 4.69) is 77.2 Å². The summed E-state index contributed by atoms with van der Waals surface area (Å²) in [6.07, 6.45) is 0. The Hall–Kier alpha value is -1.09. The Bertz CT molecular complexity index is 641. The van der Waals surface area contributed by atoms with Crippen molar-refractivity contribution in [1.82, 2.24) is 0 Å². The molecule has 3 rings (SSSR count). The number of rotatable bonds is 0. The van der Waals surface area contributed by atoms with Gasteiger partial charge in [-0.15, -0.1) is 0 Å². The van der Waals surface area contributed by atoms with Crippen LogP contribution < -0.4 is 0 Å². The average Bonchev–Trinajstić information content (AvgIpc) is 2.29. The fourth-order valence-electron chi connectivity index (χ4n) is 2.00. The van der Waals surface area contributed by atoms with Crippen LogP contribution in [0.15, 0.2) is 54.6 Å². The van der Waals surface area contributed by atoms with E-state index in [9.17, 15) is 0 Å². The number of halogens is 1. The minimum absolute atomic E-state index is 1.31. The van der Waals surface area contributed by atoms with Crippen LogP contribution in [-0.2, 0) is 0 Å². The molecule has 0 aliphatic heterocycles. The highest BCUT2D eigenvalue weighted by molar-refractivity contribution is 14.1. The first kappa shape index (κ1) is 9.16. The summed E-state index contributed by atoms with van der Waals surface area (Å²) in [5, 5.41) is 5.34. The van der Waals surface area contributed by atoms with E-state index in [0.717, 1.165) is 0 Å². The molecule has 0 nitrogen and oxygen atoms in total. The molecule has 0 fully saturated rings. The van der Waals surface area contributed by atoms with Gasteiger partial charge in [0.1, 0.15) is 0 Å². The van der Waals surface area contributed by atoms with E-state index in [1.165, 1.54) is 25.1 Å². The molecule has 0 aliphatic carbocycles. The highest BCUT2D eigenvalue weighted by Crippen LogP contribution is 2.27. The molecule has 72 valence electrons. The zero-order valence-electron chi connectivity index (χ0n) is 8.07. The highest BCUT2D eigenvalue weighted by Gasteiger charge is 2.01.